The van der Waals surface area contributed by atoms with Crippen molar-refractivity contribution in [2.24, 2.45) is 28.7 Å². The summed E-state index contributed by atoms with van der Waals surface area (Å²) in [5.41, 5.74) is 30.0. The number of hydrogen-bond donors (Lipinski definition) is 22. The summed E-state index contributed by atoms with van der Waals surface area (Å²) < 4.78 is 2.57. The van der Waals surface area contributed by atoms with Gasteiger partial charge in [-0.2, -0.15) is 0 Å². The number of aromatic nitrogens is 3. The molecule has 0 saturated carbocycles. The van der Waals surface area contributed by atoms with E-state index < -0.39 is 195 Å². The number of rotatable bonds is 44. The lowest BCUT2D eigenvalue weighted by atomic mass is 9.91. The van der Waals surface area contributed by atoms with Crippen LogP contribution in [0, 0.1) is 6.92 Å². The summed E-state index contributed by atoms with van der Waals surface area (Å²) in [6, 6.07) is 5.45. The zero-order chi connectivity index (χ0) is 97.3. The van der Waals surface area contributed by atoms with Gasteiger partial charge in [0.2, 0.25) is 100 Å². The van der Waals surface area contributed by atoms with E-state index in [2.05, 4.69) is 89.4 Å². The number of aromatic amines is 2. The summed E-state index contributed by atoms with van der Waals surface area (Å²) in [5, 5.41) is 50.9. The van der Waals surface area contributed by atoms with E-state index in [0.29, 0.717) is 44.4 Å². The van der Waals surface area contributed by atoms with E-state index in [-0.39, 0.29) is 122 Å². The van der Waals surface area contributed by atoms with E-state index in [1.807, 2.05) is 31.2 Å². The van der Waals surface area contributed by atoms with E-state index in [1.54, 1.807) is 66.9 Å². The van der Waals surface area contributed by atoms with Crippen molar-refractivity contribution in [3.8, 4) is 5.75 Å². The van der Waals surface area contributed by atoms with Crippen LogP contribution in [0.25, 0.3) is 21.7 Å². The number of nitrogens with zero attached hydrogens (tertiary/aromatic N) is 1. The predicted octanol–water partition coefficient (Wildman–Crippen LogP) is -1.50. The number of aryl methyl sites for hydroxylation is 1. The lowest BCUT2D eigenvalue weighted by molar-refractivity contribution is -0.138. The van der Waals surface area contributed by atoms with Gasteiger partial charge in [0.15, 0.2) is 0 Å². The number of H-pyrrole nitrogens is 2. The molecule has 132 heavy (non-hydrogen) atoms. The number of nitrogens with one attached hydrogen (secondary N) is 16. The van der Waals surface area contributed by atoms with Gasteiger partial charge in [-0.1, -0.05) is 94.4 Å². The topological polar surface area (TPSA) is 663 Å². The number of nitrogens with two attached hydrogens (primary N) is 5. The summed E-state index contributed by atoms with van der Waals surface area (Å²) >= 11 is 0. The molecule has 27 N–H and O–H groups in total. The van der Waals surface area contributed by atoms with Gasteiger partial charge in [0, 0.05) is 105 Å². The van der Waals surface area contributed by atoms with Crippen LogP contribution in [0.4, 0.5) is 0 Å². The average molecular weight is 1870 g/mol. The lowest BCUT2D eigenvalue weighted by Gasteiger charge is -2.39. The molecule has 0 aliphatic carbocycles. The van der Waals surface area contributed by atoms with Crippen molar-refractivity contribution >= 4 is 144 Å². The van der Waals surface area contributed by atoms with Crippen molar-refractivity contribution < 1.29 is 91.4 Å². The Hall–Kier alpha value is -12.7. The van der Waals surface area contributed by atoms with Gasteiger partial charge in [-0.25, -0.2) is 4.98 Å². The molecule has 1 aliphatic rings. The van der Waals surface area contributed by atoms with Crippen molar-refractivity contribution in [3.05, 3.63) is 132 Å². The van der Waals surface area contributed by atoms with Crippen LogP contribution < -0.4 is 108 Å². The van der Waals surface area contributed by atoms with Crippen LogP contribution in [0.1, 0.15) is 161 Å². The minimum absolute atomic E-state index is 0.105. The molecule has 718 valence electrons. The molecule has 1 fully saturated rings. The number of hydrogen-bond acceptors (Lipinski definition) is 24. The minimum Gasteiger partial charge on any atom is -0.492 e. The van der Waals surface area contributed by atoms with Gasteiger partial charge in [-0.3, -0.25) is 81.5 Å². The van der Waals surface area contributed by atoms with Crippen LogP contribution in [0.3, 0.4) is 0 Å². The molecule has 4 aromatic carbocycles. The van der Waals surface area contributed by atoms with Gasteiger partial charge in [0.05, 0.1) is 25.3 Å². The van der Waals surface area contributed by atoms with E-state index in [1.165, 1.54) is 61.0 Å². The molecule has 7 rings (SSSR count). The first-order chi connectivity index (χ1) is 62.4. The maximum atomic E-state index is 16.4. The molecule has 17 amide bonds. The molecule has 0 spiro atoms. The number of carbonyl (C=O) groups is 17. The van der Waals surface area contributed by atoms with Gasteiger partial charge in [-0.15, -0.1) is 0 Å². The number of amides is 17. The first kappa shape index (κ1) is 106. The fourth-order valence-corrected chi connectivity index (χ4v) is 17.5. The number of para-hydroxylation sites is 1. The number of aliphatic hydroxyl groups excluding tert-OH is 1. The number of carbonyl (C=O) groups excluding carboxylic acids is 17. The Kier molecular flexibility index (Phi) is 40.8. The summed E-state index contributed by atoms with van der Waals surface area (Å²) in [4.78, 5) is 254. The van der Waals surface area contributed by atoms with Gasteiger partial charge in [0.1, 0.15) is 84.4 Å². The fraction of sp³-hybridized carbons (Fsp3) is 0.506. The summed E-state index contributed by atoms with van der Waals surface area (Å²) in [7, 11) is 1.81. The molecule has 43 heteroatoms. The smallest absolute Gasteiger partial charge is 0.246 e. The maximum absolute atomic E-state index is 16.4. The van der Waals surface area contributed by atoms with E-state index >= 15 is 28.8 Å². The number of benzene rings is 4. The minimum atomic E-state index is -2.04. The van der Waals surface area contributed by atoms with Crippen molar-refractivity contribution in [1.29, 1.82) is 0 Å². The highest BCUT2D eigenvalue weighted by molar-refractivity contribution is 8.77. The molecule has 1 aliphatic heterocycles. The number of primary amides is 3. The zero-order valence-electron chi connectivity index (χ0n) is 75.8. The largest absolute Gasteiger partial charge is 0.492 e. The van der Waals surface area contributed by atoms with Crippen LogP contribution in [-0.2, 0) is 107 Å². The van der Waals surface area contributed by atoms with E-state index in [4.69, 9.17) is 33.4 Å². The van der Waals surface area contributed by atoms with Gasteiger partial charge < -0.3 is 123 Å². The molecule has 1 unspecified atom stereocenters. The Morgan fingerprint density at radius 1 is 0.576 bits per heavy atom. The summed E-state index contributed by atoms with van der Waals surface area (Å²) in [5.74, 6) is -15.9. The third-order valence-electron chi connectivity index (χ3n) is 22.0. The molecule has 6 aromatic rings. The molecule has 3 heterocycles. The van der Waals surface area contributed by atoms with Crippen LogP contribution >= 0.6 is 21.6 Å². The SMILES string of the molecule is CC(=O)NCCCC[C@@H]1NC(=O)[C@H](Cc2c[nH]c3c(C)cccc23)NC(=O)[C@H]([C@@H](C)O)NC(=O)[C@H](CC(N)=O)NC(=O)[C@@H](NC(C)=O)C(C)(C)SSC(C)(C)[C@@H](C(=O)N[C@@H](Cc2ccc(OCCN)cc2)C(=O)N[C@@H](Cc2ccc3ccccc3c2)C(=O)NC(C)(CCCCN)C(=O)N[C@@H](CCCCNC(C)=O)C(=O)N[C@@H](CC(N)=O)C(=O)N[C@@H](Cc2cnc[nH]2)C(N)=O)NC1=O. The van der Waals surface area contributed by atoms with Crippen molar-refractivity contribution in [2.45, 2.75) is 253 Å². The van der Waals surface area contributed by atoms with Gasteiger partial charge in [-0.05, 0) is 158 Å². The fourth-order valence-electron chi connectivity index (χ4n) is 14.7. The number of fused-ring (bicyclic) bond motifs is 2. The Morgan fingerprint density at radius 2 is 1.17 bits per heavy atom. The standard InChI is InChI=1S/C89H126N22O19S2/c1-48-20-19-23-60-57(45-98-71(48)60)41-66-79(122)101-61(24-13-17-35-96-50(3)113)77(120)110-74(88(8,9)132-131-87(6,7)73(100-52(5)115)84(127)107-68(44-70(93)117)81(124)109-72(49(2)112)83(126)105-66)85(128)106-64(39-53-27-30-59(31-28-53)130-37-34-91)78(121)103-65(40-54-26-29-55-21-11-12-22-56(55)38-54)82(125)111-89(10,32-15-16-33-90)86(129)108-62(25-14-18-36-97-51(4)114)76(119)104-67(43-69(92)116)80(123)102-63(75(94)118)42-58-46-95-47-99-58/h11-12,19-23,26-31,38,45-47,49,61-68,72-74,98,112H,13-18,24-25,32-37,39-44,90-91H2,1-10H3,(H2,92,116)(H2,93,117)(H2,94,118)(H,95,99)(H,96,113)(H,97,114)(H,100,115)(H,101,122)(H,102,123)(H,103,121)(H,104,119)(H,105,126)(H,106,128)(H,107,127)(H,108,129)(H,109,124)(H,110,120)(H,111,125)/t49-,61+,62+,63+,64+,65+,66+,67+,68+,72+,73-,74-,89?/m1/s1. The zero-order valence-corrected chi connectivity index (χ0v) is 77.5. The van der Waals surface area contributed by atoms with Crippen LogP contribution in [0.5, 0.6) is 5.75 Å². The number of ether oxygens (including phenoxy) is 1. The second-order valence-electron chi connectivity index (χ2n) is 34.1. The average Bonchev–Trinajstić information content (AvgIpc) is 1.50. The molecule has 0 radical (unpaired) electrons. The van der Waals surface area contributed by atoms with Crippen LogP contribution in [-0.4, -0.2) is 241 Å². The lowest BCUT2D eigenvalue weighted by Crippen LogP contribution is -2.65. The highest BCUT2D eigenvalue weighted by Crippen LogP contribution is 2.47. The third kappa shape index (κ3) is 33.0. The van der Waals surface area contributed by atoms with E-state index in [0.717, 1.165) is 46.4 Å². The Balaban J connectivity index is 1.37. The number of aliphatic hydroxyl groups is 1. The normalized spacial score (nSPS) is 19.1. The van der Waals surface area contributed by atoms with Crippen molar-refractivity contribution in [1.82, 2.24) is 89.4 Å². The first-order valence-corrected chi connectivity index (χ1v) is 45.7. The number of imidazole rings is 1. The highest BCUT2D eigenvalue weighted by atomic mass is 33.1. The first-order valence-electron chi connectivity index (χ1n) is 43.6. The molecule has 2 aromatic heterocycles. The third-order valence-corrected chi connectivity index (χ3v) is 26.2. The predicted molar refractivity (Wildman–Crippen MR) is 495 cm³/mol. The monoisotopic (exact) mass is 1870 g/mol. The number of unbranched alkanes of at least 4 members (excludes halogenated alkanes) is 3. The Morgan fingerprint density at radius 3 is 1.80 bits per heavy atom. The van der Waals surface area contributed by atoms with Crippen LogP contribution in [0.15, 0.2) is 104 Å². The Labute approximate surface area is 772 Å². The van der Waals surface area contributed by atoms with Crippen LogP contribution in [0.2, 0.25) is 0 Å². The second kappa shape index (κ2) is 50.6. The molecule has 1 saturated heterocycles. The van der Waals surface area contributed by atoms with Gasteiger partial charge >= 0.3 is 0 Å². The summed E-state index contributed by atoms with van der Waals surface area (Å²) in [6.07, 6.45) is 0.238. The van der Waals surface area contributed by atoms with Crippen molar-refractivity contribution in [3.63, 3.8) is 0 Å². The second-order valence-corrected chi connectivity index (χ2v) is 37.5. The quantitative estimate of drug-likeness (QED) is 0.0153. The Bertz CT molecular complexity index is 5070. The maximum Gasteiger partial charge on any atom is 0.246 e. The molecule has 0 bridgehead atoms. The molecular formula is C89H126N22O19S2. The highest BCUT2D eigenvalue weighted by Gasteiger charge is 2.47. The molecular weight excluding hydrogens is 1750 g/mol. The van der Waals surface area contributed by atoms with Crippen molar-refractivity contribution in [2.75, 3.05) is 32.8 Å². The van der Waals surface area contributed by atoms with E-state index in [9.17, 15) is 57.8 Å². The molecule has 41 nitrogen and oxygen atoms in total. The summed E-state index contributed by atoms with van der Waals surface area (Å²) in [6.45, 7) is 14.8. The van der Waals surface area contributed by atoms with Gasteiger partial charge in [0.25, 0.3) is 0 Å². The molecule has 13 atom stereocenters.